The zero-order chi connectivity index (χ0) is 21.9. The Morgan fingerprint density at radius 1 is 0.935 bits per heavy atom. The van der Waals surface area contributed by atoms with Gasteiger partial charge in [0, 0.05) is 0 Å². The molecule has 31 heavy (non-hydrogen) atoms. The number of allylic oxidation sites excluding steroid dienone is 2. The molecule has 1 heterocycles. The van der Waals surface area contributed by atoms with Gasteiger partial charge in [-0.3, -0.25) is 9.59 Å². The Hall–Kier alpha value is -3.21. The first-order valence-corrected chi connectivity index (χ1v) is 10.7. The van der Waals surface area contributed by atoms with Crippen LogP contribution in [0.1, 0.15) is 43.1 Å². The maximum absolute atomic E-state index is 13.0. The lowest BCUT2D eigenvalue weighted by Crippen LogP contribution is -2.33. The number of carbonyl (C=O) groups excluding carboxylic acids is 3. The molecule has 0 unspecified atom stereocenters. The first kappa shape index (κ1) is 19.7. The van der Waals surface area contributed by atoms with E-state index in [9.17, 15) is 14.4 Å². The van der Waals surface area contributed by atoms with E-state index >= 15 is 0 Å². The molecule has 0 spiro atoms. The van der Waals surface area contributed by atoms with E-state index in [-0.39, 0.29) is 40.9 Å². The second kappa shape index (κ2) is 6.91. The van der Waals surface area contributed by atoms with E-state index in [1.165, 1.54) is 4.90 Å². The Balaban J connectivity index is 1.35. The molecule has 2 aliphatic carbocycles. The average molecular weight is 415 g/mol. The number of amides is 2. The summed E-state index contributed by atoms with van der Waals surface area (Å²) in [4.78, 5) is 40.0. The molecule has 2 aromatic rings. The van der Waals surface area contributed by atoms with Crippen molar-refractivity contribution in [1.82, 2.24) is 0 Å². The SMILES string of the molecule is CC(C)(C)c1ccc(OC(=O)c2cccc(N3C(=O)[C@@H]4[C@@H](C3=O)[C@H]3C=C[C@H]4C3)c2)cc1. The monoisotopic (exact) mass is 415 g/mol. The fourth-order valence-electron chi connectivity index (χ4n) is 5.12. The van der Waals surface area contributed by atoms with Gasteiger partial charge in [0.25, 0.3) is 0 Å². The van der Waals surface area contributed by atoms with Crippen molar-refractivity contribution in [1.29, 1.82) is 0 Å². The van der Waals surface area contributed by atoms with Gasteiger partial charge in [0.2, 0.25) is 11.8 Å². The number of fused-ring (bicyclic) bond motifs is 5. The molecule has 5 rings (SSSR count). The van der Waals surface area contributed by atoms with Crippen LogP contribution in [0.2, 0.25) is 0 Å². The fraction of sp³-hybridized carbons (Fsp3) is 0.346. The summed E-state index contributed by atoms with van der Waals surface area (Å²) >= 11 is 0. The van der Waals surface area contributed by atoms with Crippen molar-refractivity contribution in [3.05, 3.63) is 71.8 Å². The first-order chi connectivity index (χ1) is 14.7. The van der Waals surface area contributed by atoms with Crippen LogP contribution in [-0.2, 0) is 15.0 Å². The quantitative estimate of drug-likeness (QED) is 0.320. The summed E-state index contributed by atoms with van der Waals surface area (Å²) in [5, 5.41) is 0. The van der Waals surface area contributed by atoms with Crippen molar-refractivity contribution in [2.45, 2.75) is 32.6 Å². The van der Waals surface area contributed by atoms with Crippen LogP contribution in [0.3, 0.4) is 0 Å². The molecule has 2 amide bonds. The Bertz CT molecular complexity index is 1080. The van der Waals surface area contributed by atoms with Crippen LogP contribution in [0.4, 0.5) is 5.69 Å². The third-order valence-corrected chi connectivity index (χ3v) is 6.74. The average Bonchev–Trinajstić information content (AvgIpc) is 3.41. The number of hydrogen-bond acceptors (Lipinski definition) is 4. The van der Waals surface area contributed by atoms with Crippen LogP contribution in [0.25, 0.3) is 0 Å². The minimum Gasteiger partial charge on any atom is -0.423 e. The summed E-state index contributed by atoms with van der Waals surface area (Å²) in [6.07, 6.45) is 5.03. The second-order valence-corrected chi connectivity index (χ2v) is 9.73. The smallest absolute Gasteiger partial charge is 0.343 e. The molecule has 0 aromatic heterocycles. The Morgan fingerprint density at radius 2 is 1.55 bits per heavy atom. The first-order valence-electron chi connectivity index (χ1n) is 10.7. The van der Waals surface area contributed by atoms with Gasteiger partial charge < -0.3 is 4.74 Å². The predicted octanol–water partition coefficient (Wildman–Crippen LogP) is 4.51. The fourth-order valence-corrected chi connectivity index (χ4v) is 5.12. The number of imide groups is 1. The third-order valence-electron chi connectivity index (χ3n) is 6.74. The molecule has 2 bridgehead atoms. The van der Waals surface area contributed by atoms with E-state index in [1.54, 1.807) is 36.4 Å². The van der Waals surface area contributed by atoms with E-state index < -0.39 is 5.97 Å². The predicted molar refractivity (Wildman–Crippen MR) is 117 cm³/mol. The number of anilines is 1. The molecule has 1 aliphatic heterocycles. The van der Waals surface area contributed by atoms with Crippen LogP contribution in [0.15, 0.2) is 60.7 Å². The van der Waals surface area contributed by atoms with Crippen LogP contribution < -0.4 is 9.64 Å². The zero-order valence-corrected chi connectivity index (χ0v) is 17.9. The number of benzene rings is 2. The van der Waals surface area contributed by atoms with Gasteiger partial charge >= 0.3 is 5.97 Å². The molecule has 158 valence electrons. The molecule has 1 saturated heterocycles. The van der Waals surface area contributed by atoms with Gasteiger partial charge in [-0.2, -0.15) is 0 Å². The zero-order valence-electron chi connectivity index (χ0n) is 17.9. The molecule has 5 nitrogen and oxygen atoms in total. The minimum atomic E-state index is -0.522. The van der Waals surface area contributed by atoms with E-state index in [0.717, 1.165) is 12.0 Å². The van der Waals surface area contributed by atoms with Crippen molar-refractivity contribution in [3.8, 4) is 5.75 Å². The number of esters is 1. The topological polar surface area (TPSA) is 63.7 Å². The molecule has 2 fully saturated rings. The Labute approximate surface area is 181 Å². The van der Waals surface area contributed by atoms with Gasteiger partial charge in [-0.25, -0.2) is 9.69 Å². The van der Waals surface area contributed by atoms with E-state index in [0.29, 0.717) is 17.0 Å². The summed E-state index contributed by atoms with van der Waals surface area (Å²) in [6.45, 7) is 6.36. The number of hydrogen-bond donors (Lipinski definition) is 0. The standard InChI is InChI=1S/C26H25NO4/c1-26(2,3)18-9-11-20(12-10-18)31-25(30)17-5-4-6-19(14-17)27-23(28)21-15-7-8-16(13-15)22(21)24(27)29/h4-12,14-16,21-22H,13H2,1-3H3/t15-,16-,21-,22-/m0/s1. The molecule has 2 aromatic carbocycles. The number of nitrogens with zero attached hydrogens (tertiary/aromatic N) is 1. The molecule has 0 N–H and O–H groups in total. The molecule has 4 atom stereocenters. The lowest BCUT2D eigenvalue weighted by Gasteiger charge is -2.19. The van der Waals surface area contributed by atoms with Gasteiger partial charge in [0.05, 0.1) is 23.1 Å². The Morgan fingerprint density at radius 3 is 2.13 bits per heavy atom. The summed E-state index contributed by atoms with van der Waals surface area (Å²) in [5.74, 6) is -0.606. The van der Waals surface area contributed by atoms with Crippen molar-refractivity contribution in [2.75, 3.05) is 4.90 Å². The molecular formula is C26H25NO4. The largest absolute Gasteiger partial charge is 0.423 e. The highest BCUT2D eigenvalue weighted by Gasteiger charge is 2.59. The van der Waals surface area contributed by atoms with Crippen LogP contribution >= 0.6 is 0 Å². The normalized spacial score (nSPS) is 26.5. The third kappa shape index (κ3) is 3.19. The molecule has 0 radical (unpaired) electrons. The van der Waals surface area contributed by atoms with Crippen molar-refractivity contribution in [3.63, 3.8) is 0 Å². The highest BCUT2D eigenvalue weighted by molar-refractivity contribution is 6.23. The van der Waals surface area contributed by atoms with Crippen molar-refractivity contribution in [2.24, 2.45) is 23.7 Å². The second-order valence-electron chi connectivity index (χ2n) is 9.73. The van der Waals surface area contributed by atoms with Gasteiger partial charge in [0.15, 0.2) is 0 Å². The Kier molecular flexibility index (Phi) is 4.40. The summed E-state index contributed by atoms with van der Waals surface area (Å²) in [5.41, 5.74) is 1.89. The molecule has 5 heteroatoms. The highest BCUT2D eigenvalue weighted by atomic mass is 16.5. The van der Waals surface area contributed by atoms with Crippen molar-refractivity contribution >= 4 is 23.5 Å². The van der Waals surface area contributed by atoms with Gasteiger partial charge in [-0.15, -0.1) is 0 Å². The maximum atomic E-state index is 13.0. The van der Waals surface area contributed by atoms with Gasteiger partial charge in [0.1, 0.15) is 5.75 Å². The van der Waals surface area contributed by atoms with Crippen molar-refractivity contribution < 1.29 is 19.1 Å². The molecular weight excluding hydrogens is 390 g/mol. The maximum Gasteiger partial charge on any atom is 0.343 e. The van der Waals surface area contributed by atoms with Gasteiger partial charge in [-0.1, -0.05) is 51.1 Å². The van der Waals surface area contributed by atoms with Crippen LogP contribution in [0, 0.1) is 23.7 Å². The number of ether oxygens (including phenoxy) is 1. The van der Waals surface area contributed by atoms with Crippen LogP contribution in [-0.4, -0.2) is 17.8 Å². The highest BCUT2D eigenvalue weighted by Crippen LogP contribution is 2.53. The lowest BCUT2D eigenvalue weighted by atomic mass is 9.85. The van der Waals surface area contributed by atoms with Gasteiger partial charge in [-0.05, 0) is 59.6 Å². The lowest BCUT2D eigenvalue weighted by molar-refractivity contribution is -0.123. The van der Waals surface area contributed by atoms with E-state index in [2.05, 4.69) is 32.9 Å². The summed E-state index contributed by atoms with van der Waals surface area (Å²) in [7, 11) is 0. The molecule has 1 saturated carbocycles. The number of rotatable bonds is 3. The van der Waals surface area contributed by atoms with E-state index in [1.807, 2.05) is 12.1 Å². The number of carbonyl (C=O) groups is 3. The molecule has 3 aliphatic rings. The van der Waals surface area contributed by atoms with E-state index in [4.69, 9.17) is 4.74 Å². The van der Waals surface area contributed by atoms with Crippen LogP contribution in [0.5, 0.6) is 5.75 Å². The summed E-state index contributed by atoms with van der Waals surface area (Å²) in [6, 6.07) is 14.0. The minimum absolute atomic E-state index is 0.0129. The summed E-state index contributed by atoms with van der Waals surface area (Å²) < 4.78 is 5.52.